The van der Waals surface area contributed by atoms with Crippen LogP contribution in [0, 0.1) is 17.8 Å². The van der Waals surface area contributed by atoms with Gasteiger partial charge in [-0.3, -0.25) is 0 Å². The third kappa shape index (κ3) is 4.72. The number of unbranched alkanes of at least 4 members (excludes halogenated alkanes) is 1. The SMILES string of the molecule is CCCCc1nc2c(N)nnc(/C=C/C(C)C)c2n1CC1CCC(CN)CC1. The predicted molar refractivity (Wildman–Crippen MR) is 117 cm³/mol. The Balaban J connectivity index is 2.00. The van der Waals surface area contributed by atoms with Crippen molar-refractivity contribution in [2.75, 3.05) is 12.3 Å². The number of nitrogen functional groups attached to an aromatic ring is 1. The molecule has 1 saturated carbocycles. The van der Waals surface area contributed by atoms with Crippen molar-refractivity contribution in [3.8, 4) is 0 Å². The van der Waals surface area contributed by atoms with Gasteiger partial charge in [0.1, 0.15) is 22.6 Å². The summed E-state index contributed by atoms with van der Waals surface area (Å²) in [5.74, 6) is 3.37. The Bertz CT molecular complexity index is 799. The molecule has 0 aliphatic heterocycles. The first-order valence-electron chi connectivity index (χ1n) is 10.9. The fraction of sp³-hybridized carbons (Fsp3) is 0.682. The average Bonchev–Trinajstić information content (AvgIpc) is 3.05. The Kier molecular flexibility index (Phi) is 7.05. The first kappa shape index (κ1) is 20.8. The quantitative estimate of drug-likeness (QED) is 0.711. The summed E-state index contributed by atoms with van der Waals surface area (Å²) < 4.78 is 2.39. The van der Waals surface area contributed by atoms with Crippen LogP contribution in [0.5, 0.6) is 0 Å². The molecule has 154 valence electrons. The van der Waals surface area contributed by atoms with Crippen LogP contribution in [0.15, 0.2) is 6.08 Å². The van der Waals surface area contributed by atoms with Gasteiger partial charge in [-0.15, -0.1) is 10.2 Å². The van der Waals surface area contributed by atoms with Gasteiger partial charge in [0.25, 0.3) is 0 Å². The molecule has 0 saturated heterocycles. The molecule has 0 aromatic carbocycles. The Morgan fingerprint density at radius 2 is 1.86 bits per heavy atom. The molecule has 2 heterocycles. The molecule has 0 unspecified atom stereocenters. The summed E-state index contributed by atoms with van der Waals surface area (Å²) in [5, 5.41) is 8.59. The van der Waals surface area contributed by atoms with E-state index in [4.69, 9.17) is 16.5 Å². The summed E-state index contributed by atoms with van der Waals surface area (Å²) in [6.07, 6.45) is 12.4. The highest BCUT2D eigenvalue weighted by molar-refractivity contribution is 5.90. The Morgan fingerprint density at radius 3 is 2.50 bits per heavy atom. The number of nitrogens with two attached hydrogens (primary N) is 2. The van der Waals surface area contributed by atoms with Crippen LogP contribution in [0.3, 0.4) is 0 Å². The van der Waals surface area contributed by atoms with Gasteiger partial charge in [-0.25, -0.2) is 4.98 Å². The predicted octanol–water partition coefficient (Wildman–Crippen LogP) is 4.19. The molecule has 4 N–H and O–H groups in total. The lowest BCUT2D eigenvalue weighted by molar-refractivity contribution is 0.256. The van der Waals surface area contributed by atoms with Crippen molar-refractivity contribution in [1.29, 1.82) is 0 Å². The lowest BCUT2D eigenvalue weighted by Crippen LogP contribution is -2.24. The van der Waals surface area contributed by atoms with Crippen LogP contribution in [0.1, 0.15) is 70.8 Å². The number of nitrogens with zero attached hydrogens (tertiary/aromatic N) is 4. The lowest BCUT2D eigenvalue weighted by Gasteiger charge is -2.28. The number of aryl methyl sites for hydroxylation is 1. The molecule has 0 amide bonds. The maximum absolute atomic E-state index is 6.17. The van der Waals surface area contributed by atoms with Crippen LogP contribution in [-0.2, 0) is 13.0 Å². The average molecular weight is 385 g/mol. The number of allylic oxidation sites excluding steroid dienone is 1. The minimum Gasteiger partial charge on any atom is -0.380 e. The van der Waals surface area contributed by atoms with Gasteiger partial charge in [-0.1, -0.05) is 33.3 Å². The van der Waals surface area contributed by atoms with E-state index in [0.717, 1.165) is 54.9 Å². The molecule has 6 heteroatoms. The Labute approximate surface area is 168 Å². The van der Waals surface area contributed by atoms with E-state index >= 15 is 0 Å². The van der Waals surface area contributed by atoms with Crippen LogP contribution >= 0.6 is 0 Å². The minimum atomic E-state index is 0.431. The van der Waals surface area contributed by atoms with Crippen molar-refractivity contribution in [3.63, 3.8) is 0 Å². The molecule has 3 rings (SSSR count). The molecule has 2 aromatic heterocycles. The Morgan fingerprint density at radius 1 is 1.14 bits per heavy atom. The van der Waals surface area contributed by atoms with Gasteiger partial charge in [0.05, 0.1) is 0 Å². The van der Waals surface area contributed by atoms with Gasteiger partial charge in [-0.2, -0.15) is 0 Å². The minimum absolute atomic E-state index is 0.431. The second-order valence-corrected chi connectivity index (χ2v) is 8.64. The zero-order valence-corrected chi connectivity index (χ0v) is 17.7. The van der Waals surface area contributed by atoms with Crippen LogP contribution in [0.4, 0.5) is 5.82 Å². The van der Waals surface area contributed by atoms with Crippen molar-refractivity contribution in [3.05, 3.63) is 17.6 Å². The molecule has 0 bridgehead atoms. The molecule has 0 atom stereocenters. The highest BCUT2D eigenvalue weighted by Crippen LogP contribution is 2.32. The molecule has 1 aliphatic carbocycles. The highest BCUT2D eigenvalue weighted by atomic mass is 15.2. The number of hydrogen-bond acceptors (Lipinski definition) is 5. The van der Waals surface area contributed by atoms with Gasteiger partial charge >= 0.3 is 0 Å². The van der Waals surface area contributed by atoms with Gasteiger partial charge < -0.3 is 16.0 Å². The smallest absolute Gasteiger partial charge is 0.174 e. The molecule has 0 radical (unpaired) electrons. The van der Waals surface area contributed by atoms with E-state index in [1.54, 1.807) is 0 Å². The largest absolute Gasteiger partial charge is 0.380 e. The standard InChI is InChI=1S/C22H36N6/c1-4-5-6-19-25-20-21(18(12-7-15(2)3)26-27-22(20)24)28(19)14-17-10-8-16(13-23)9-11-17/h7,12,15-17H,4-6,8-11,13-14,23H2,1-3H3,(H2,24,27)/b12-7+. The topological polar surface area (TPSA) is 95.6 Å². The zero-order valence-electron chi connectivity index (χ0n) is 17.7. The molecule has 2 aromatic rings. The summed E-state index contributed by atoms with van der Waals surface area (Å²) in [7, 11) is 0. The first-order chi connectivity index (χ1) is 13.5. The van der Waals surface area contributed by atoms with Crippen LogP contribution in [0.2, 0.25) is 0 Å². The fourth-order valence-corrected chi connectivity index (χ4v) is 4.17. The van der Waals surface area contributed by atoms with Crippen LogP contribution < -0.4 is 11.5 Å². The van der Waals surface area contributed by atoms with E-state index in [1.807, 2.05) is 0 Å². The van der Waals surface area contributed by atoms with E-state index in [1.165, 1.54) is 25.7 Å². The first-order valence-corrected chi connectivity index (χ1v) is 10.9. The van der Waals surface area contributed by atoms with Gasteiger partial charge in [-0.05, 0) is 62.5 Å². The molecular weight excluding hydrogens is 348 g/mol. The number of anilines is 1. The molecule has 6 nitrogen and oxygen atoms in total. The molecule has 1 fully saturated rings. The normalized spacial score (nSPS) is 20.6. The Hall–Kier alpha value is -1.95. The van der Waals surface area contributed by atoms with Crippen LogP contribution in [0.25, 0.3) is 17.1 Å². The maximum atomic E-state index is 6.17. The van der Waals surface area contributed by atoms with E-state index < -0.39 is 0 Å². The summed E-state index contributed by atoms with van der Waals surface area (Å²) in [5.41, 5.74) is 14.8. The molecule has 1 aliphatic rings. The molecule has 0 spiro atoms. The summed E-state index contributed by atoms with van der Waals surface area (Å²) in [6.45, 7) is 8.35. The van der Waals surface area contributed by atoms with Gasteiger partial charge in [0.2, 0.25) is 0 Å². The number of hydrogen-bond donors (Lipinski definition) is 2. The van der Waals surface area contributed by atoms with Crippen molar-refractivity contribution in [2.45, 2.75) is 72.3 Å². The van der Waals surface area contributed by atoms with E-state index in [-0.39, 0.29) is 0 Å². The summed E-state index contributed by atoms with van der Waals surface area (Å²) in [4.78, 5) is 4.92. The zero-order chi connectivity index (χ0) is 20.1. The van der Waals surface area contributed by atoms with Crippen molar-refractivity contribution >= 4 is 22.9 Å². The molecular formula is C22H36N6. The number of rotatable bonds is 8. The van der Waals surface area contributed by atoms with Crippen molar-refractivity contribution in [1.82, 2.24) is 19.7 Å². The third-order valence-corrected chi connectivity index (χ3v) is 5.93. The third-order valence-electron chi connectivity index (χ3n) is 5.93. The van der Waals surface area contributed by atoms with E-state index in [0.29, 0.717) is 23.6 Å². The van der Waals surface area contributed by atoms with Crippen molar-refractivity contribution in [2.24, 2.45) is 23.5 Å². The second-order valence-electron chi connectivity index (χ2n) is 8.64. The van der Waals surface area contributed by atoms with Crippen LogP contribution in [-0.4, -0.2) is 26.3 Å². The van der Waals surface area contributed by atoms with Crippen molar-refractivity contribution < 1.29 is 0 Å². The maximum Gasteiger partial charge on any atom is 0.174 e. The monoisotopic (exact) mass is 384 g/mol. The van der Waals surface area contributed by atoms with Gasteiger partial charge in [0, 0.05) is 13.0 Å². The van der Waals surface area contributed by atoms with E-state index in [2.05, 4.69) is 47.7 Å². The molecule has 28 heavy (non-hydrogen) atoms. The van der Waals surface area contributed by atoms with E-state index in [9.17, 15) is 0 Å². The number of imidazole rings is 1. The van der Waals surface area contributed by atoms with Gasteiger partial charge in [0.15, 0.2) is 5.82 Å². The summed E-state index contributed by atoms with van der Waals surface area (Å²) >= 11 is 0. The number of fused-ring (bicyclic) bond motifs is 1. The fourth-order valence-electron chi connectivity index (χ4n) is 4.17. The lowest BCUT2D eigenvalue weighted by atomic mass is 9.82. The highest BCUT2D eigenvalue weighted by Gasteiger charge is 2.24. The second kappa shape index (κ2) is 9.50. The number of aromatic nitrogens is 4. The summed E-state index contributed by atoms with van der Waals surface area (Å²) in [6, 6.07) is 0.